The molecule has 0 aromatic heterocycles. The van der Waals surface area contributed by atoms with Gasteiger partial charge in [-0.2, -0.15) is 0 Å². The zero-order chi connectivity index (χ0) is 10.6. The molecular weight excluding hydrogens is 196 g/mol. The summed E-state index contributed by atoms with van der Waals surface area (Å²) in [6.45, 7) is 4.41. The molecule has 1 nitrogen and oxygen atoms in total. The largest absolute Gasteiger partial charge is 0.497 e. The predicted molar refractivity (Wildman–Crippen MR) is 61.3 cm³/mol. The van der Waals surface area contributed by atoms with Crippen LogP contribution in [0.5, 0.6) is 5.75 Å². The molecular formula is C12H17ClO. The third-order valence-electron chi connectivity index (χ3n) is 2.42. The van der Waals surface area contributed by atoms with Crippen LogP contribution >= 0.6 is 11.6 Å². The fourth-order valence-corrected chi connectivity index (χ4v) is 1.82. The molecule has 1 atom stereocenters. The standard InChI is InChI=1S/C12H17ClO/c1-4-5-9(2)10-6-11(13)8-12(7-10)14-3/h6-9H,4-5H2,1-3H3. The molecule has 0 amide bonds. The number of hydrogen-bond acceptors (Lipinski definition) is 1. The summed E-state index contributed by atoms with van der Waals surface area (Å²) in [6.07, 6.45) is 2.37. The van der Waals surface area contributed by atoms with Gasteiger partial charge in [0.05, 0.1) is 7.11 Å². The highest BCUT2D eigenvalue weighted by Gasteiger charge is 2.07. The fourth-order valence-electron chi connectivity index (χ4n) is 1.59. The minimum atomic E-state index is 0.549. The van der Waals surface area contributed by atoms with E-state index in [1.54, 1.807) is 7.11 Å². The molecule has 0 N–H and O–H groups in total. The molecule has 2 heteroatoms. The minimum absolute atomic E-state index is 0.549. The molecule has 0 aliphatic heterocycles. The lowest BCUT2D eigenvalue weighted by atomic mass is 9.96. The Balaban J connectivity index is 2.90. The Morgan fingerprint density at radius 1 is 1.36 bits per heavy atom. The summed E-state index contributed by atoms with van der Waals surface area (Å²) in [5.74, 6) is 1.39. The molecule has 0 saturated heterocycles. The Kier molecular flexibility index (Phi) is 4.27. The van der Waals surface area contributed by atoms with Gasteiger partial charge < -0.3 is 4.74 Å². The molecule has 1 aromatic carbocycles. The molecule has 1 aromatic rings. The van der Waals surface area contributed by atoms with Crippen LogP contribution in [0, 0.1) is 0 Å². The second-order valence-corrected chi connectivity index (χ2v) is 4.05. The van der Waals surface area contributed by atoms with Gasteiger partial charge in [0.15, 0.2) is 0 Å². The molecule has 1 rings (SSSR count). The van der Waals surface area contributed by atoms with E-state index >= 15 is 0 Å². The highest BCUT2D eigenvalue weighted by Crippen LogP contribution is 2.28. The maximum absolute atomic E-state index is 5.99. The zero-order valence-corrected chi connectivity index (χ0v) is 9.77. The smallest absolute Gasteiger partial charge is 0.120 e. The summed E-state index contributed by atoms with van der Waals surface area (Å²) >= 11 is 5.99. The Morgan fingerprint density at radius 2 is 2.07 bits per heavy atom. The maximum atomic E-state index is 5.99. The predicted octanol–water partition coefficient (Wildman–Crippen LogP) is 4.25. The van der Waals surface area contributed by atoms with Gasteiger partial charge in [-0.1, -0.05) is 31.9 Å². The van der Waals surface area contributed by atoms with Gasteiger partial charge in [-0.05, 0) is 36.1 Å². The van der Waals surface area contributed by atoms with Gasteiger partial charge in [0.25, 0.3) is 0 Å². The van der Waals surface area contributed by atoms with Gasteiger partial charge in [-0.25, -0.2) is 0 Å². The summed E-state index contributed by atoms with van der Waals surface area (Å²) in [7, 11) is 1.67. The molecule has 78 valence electrons. The monoisotopic (exact) mass is 212 g/mol. The first-order valence-electron chi connectivity index (χ1n) is 5.01. The van der Waals surface area contributed by atoms with Crippen LogP contribution in [0.25, 0.3) is 0 Å². The van der Waals surface area contributed by atoms with Crippen LogP contribution in [-0.2, 0) is 0 Å². The average Bonchev–Trinajstić information content (AvgIpc) is 2.17. The van der Waals surface area contributed by atoms with Gasteiger partial charge in [0.1, 0.15) is 5.75 Å². The van der Waals surface area contributed by atoms with Crippen LogP contribution < -0.4 is 4.74 Å². The highest BCUT2D eigenvalue weighted by molar-refractivity contribution is 6.30. The average molecular weight is 213 g/mol. The lowest BCUT2D eigenvalue weighted by Crippen LogP contribution is -1.94. The van der Waals surface area contributed by atoms with Gasteiger partial charge in [-0.15, -0.1) is 0 Å². The summed E-state index contributed by atoms with van der Waals surface area (Å²) in [5.41, 5.74) is 1.26. The molecule has 0 aliphatic carbocycles. The maximum Gasteiger partial charge on any atom is 0.120 e. The number of benzene rings is 1. The van der Waals surface area contributed by atoms with Crippen molar-refractivity contribution in [1.29, 1.82) is 0 Å². The zero-order valence-electron chi connectivity index (χ0n) is 9.01. The van der Waals surface area contributed by atoms with Crippen LogP contribution in [0.2, 0.25) is 5.02 Å². The lowest BCUT2D eigenvalue weighted by molar-refractivity contribution is 0.413. The lowest BCUT2D eigenvalue weighted by Gasteiger charge is -2.12. The third-order valence-corrected chi connectivity index (χ3v) is 2.64. The van der Waals surface area contributed by atoms with E-state index < -0.39 is 0 Å². The first-order valence-corrected chi connectivity index (χ1v) is 5.39. The summed E-state index contributed by atoms with van der Waals surface area (Å²) in [4.78, 5) is 0. The molecule has 14 heavy (non-hydrogen) atoms. The van der Waals surface area contributed by atoms with Crippen molar-refractivity contribution in [3.05, 3.63) is 28.8 Å². The number of halogens is 1. The van der Waals surface area contributed by atoms with Crippen molar-refractivity contribution in [2.24, 2.45) is 0 Å². The SMILES string of the molecule is CCCC(C)c1cc(Cl)cc(OC)c1. The molecule has 0 aliphatic rings. The first kappa shape index (κ1) is 11.4. The second kappa shape index (κ2) is 5.26. The van der Waals surface area contributed by atoms with Crippen molar-refractivity contribution in [2.75, 3.05) is 7.11 Å². The number of ether oxygens (including phenoxy) is 1. The molecule has 1 unspecified atom stereocenters. The van der Waals surface area contributed by atoms with E-state index in [9.17, 15) is 0 Å². The van der Waals surface area contributed by atoms with Crippen LogP contribution in [0.3, 0.4) is 0 Å². The fraction of sp³-hybridized carbons (Fsp3) is 0.500. The van der Waals surface area contributed by atoms with Crippen molar-refractivity contribution >= 4 is 11.6 Å². The molecule has 0 saturated carbocycles. The Morgan fingerprint density at radius 3 is 2.64 bits per heavy atom. The van der Waals surface area contributed by atoms with Gasteiger partial charge >= 0.3 is 0 Å². The number of hydrogen-bond donors (Lipinski definition) is 0. The van der Waals surface area contributed by atoms with Crippen LogP contribution in [-0.4, -0.2) is 7.11 Å². The normalized spacial score (nSPS) is 12.6. The Labute approximate surface area is 91.0 Å². The minimum Gasteiger partial charge on any atom is -0.497 e. The highest BCUT2D eigenvalue weighted by atomic mass is 35.5. The first-order chi connectivity index (χ1) is 6.67. The van der Waals surface area contributed by atoms with Crippen LogP contribution in [0.4, 0.5) is 0 Å². The number of rotatable bonds is 4. The van der Waals surface area contributed by atoms with Crippen molar-refractivity contribution in [1.82, 2.24) is 0 Å². The van der Waals surface area contributed by atoms with Gasteiger partial charge in [0.2, 0.25) is 0 Å². The van der Waals surface area contributed by atoms with Crippen molar-refractivity contribution in [3.63, 3.8) is 0 Å². The molecule has 0 radical (unpaired) electrons. The van der Waals surface area contributed by atoms with E-state index in [2.05, 4.69) is 19.9 Å². The molecule has 0 bridgehead atoms. The summed E-state index contributed by atoms with van der Waals surface area (Å²) in [6, 6.07) is 5.92. The summed E-state index contributed by atoms with van der Waals surface area (Å²) in [5, 5.41) is 0.752. The number of methoxy groups -OCH3 is 1. The Bertz CT molecular complexity index is 296. The quantitative estimate of drug-likeness (QED) is 0.725. The second-order valence-electron chi connectivity index (χ2n) is 3.61. The van der Waals surface area contributed by atoms with E-state index in [1.807, 2.05) is 12.1 Å². The van der Waals surface area contributed by atoms with Crippen molar-refractivity contribution < 1.29 is 4.74 Å². The van der Waals surface area contributed by atoms with Crippen molar-refractivity contribution in [2.45, 2.75) is 32.6 Å². The van der Waals surface area contributed by atoms with Crippen LogP contribution in [0.15, 0.2) is 18.2 Å². The molecule has 0 heterocycles. The van der Waals surface area contributed by atoms with E-state index in [4.69, 9.17) is 16.3 Å². The van der Waals surface area contributed by atoms with Crippen molar-refractivity contribution in [3.8, 4) is 5.75 Å². The molecule has 0 fully saturated rings. The van der Waals surface area contributed by atoms with E-state index in [0.29, 0.717) is 5.92 Å². The van der Waals surface area contributed by atoms with E-state index in [0.717, 1.165) is 10.8 Å². The van der Waals surface area contributed by atoms with Crippen LogP contribution in [0.1, 0.15) is 38.2 Å². The van der Waals surface area contributed by atoms with E-state index in [-0.39, 0.29) is 0 Å². The van der Waals surface area contributed by atoms with Gasteiger partial charge in [0, 0.05) is 5.02 Å². The Hall–Kier alpha value is -0.690. The van der Waals surface area contributed by atoms with Gasteiger partial charge in [-0.3, -0.25) is 0 Å². The van der Waals surface area contributed by atoms with E-state index in [1.165, 1.54) is 18.4 Å². The third kappa shape index (κ3) is 2.91. The summed E-state index contributed by atoms with van der Waals surface area (Å²) < 4.78 is 5.18. The molecule has 0 spiro atoms. The topological polar surface area (TPSA) is 9.23 Å².